The maximum atomic E-state index is 5.85. The average molecular weight is 229 g/mol. The number of hydrogen-bond acceptors (Lipinski definition) is 1. The lowest BCUT2D eigenvalue weighted by atomic mass is 10.1. The first-order chi connectivity index (χ1) is 8.26. The summed E-state index contributed by atoms with van der Waals surface area (Å²) in [5.74, 6) is 6.23. The van der Waals surface area contributed by atoms with Gasteiger partial charge in [-0.3, -0.25) is 0 Å². The minimum atomic E-state index is 0.0137. The summed E-state index contributed by atoms with van der Waals surface area (Å²) in [6, 6.07) is 8.54. The highest BCUT2D eigenvalue weighted by Gasteiger charge is 1.95. The Kier molecular flexibility index (Phi) is 6.43. The quantitative estimate of drug-likeness (QED) is 0.768. The van der Waals surface area contributed by atoms with E-state index < -0.39 is 0 Å². The third-order valence-electron chi connectivity index (χ3n) is 2.77. The first-order valence-electron chi connectivity index (χ1n) is 6.62. The van der Waals surface area contributed by atoms with Crippen LogP contribution >= 0.6 is 0 Å². The van der Waals surface area contributed by atoms with E-state index in [4.69, 9.17) is 5.73 Å². The SMILES string of the molecule is CCCCc1ccc(C#CC(N)CCC)cc1. The van der Waals surface area contributed by atoms with Gasteiger partial charge >= 0.3 is 0 Å². The Bertz CT molecular complexity index is 367. The van der Waals surface area contributed by atoms with Crippen molar-refractivity contribution >= 4 is 0 Å². The van der Waals surface area contributed by atoms with Crippen LogP contribution in [0.25, 0.3) is 0 Å². The first kappa shape index (κ1) is 13.8. The van der Waals surface area contributed by atoms with E-state index >= 15 is 0 Å². The molecular weight excluding hydrogens is 206 g/mol. The van der Waals surface area contributed by atoms with E-state index in [1.54, 1.807) is 0 Å². The van der Waals surface area contributed by atoms with E-state index in [0.29, 0.717) is 0 Å². The lowest BCUT2D eigenvalue weighted by Crippen LogP contribution is -2.16. The van der Waals surface area contributed by atoms with Crippen LogP contribution in [-0.2, 0) is 6.42 Å². The minimum Gasteiger partial charge on any atom is -0.318 e. The lowest BCUT2D eigenvalue weighted by molar-refractivity contribution is 0.720. The van der Waals surface area contributed by atoms with Gasteiger partial charge in [-0.2, -0.15) is 0 Å². The van der Waals surface area contributed by atoms with E-state index in [-0.39, 0.29) is 6.04 Å². The molecule has 0 aromatic heterocycles. The summed E-state index contributed by atoms with van der Waals surface area (Å²) in [6.07, 6.45) is 5.73. The number of unbranched alkanes of at least 4 members (excludes halogenated alkanes) is 1. The summed E-state index contributed by atoms with van der Waals surface area (Å²) in [5.41, 5.74) is 8.32. The van der Waals surface area contributed by atoms with Gasteiger partial charge in [0.2, 0.25) is 0 Å². The standard InChI is InChI=1S/C16H23N/c1-3-5-7-14-8-10-15(11-9-14)12-13-16(17)6-4-2/h8-11,16H,3-7,17H2,1-2H3. The van der Waals surface area contributed by atoms with Crippen molar-refractivity contribution in [2.75, 3.05) is 0 Å². The summed E-state index contributed by atoms with van der Waals surface area (Å²) in [4.78, 5) is 0. The molecule has 0 radical (unpaired) electrons. The van der Waals surface area contributed by atoms with Crippen LogP contribution < -0.4 is 5.73 Å². The number of hydrogen-bond donors (Lipinski definition) is 1. The Morgan fingerprint density at radius 1 is 1.12 bits per heavy atom. The van der Waals surface area contributed by atoms with Crippen molar-refractivity contribution in [3.8, 4) is 11.8 Å². The number of aryl methyl sites for hydroxylation is 1. The van der Waals surface area contributed by atoms with E-state index in [0.717, 1.165) is 18.4 Å². The van der Waals surface area contributed by atoms with E-state index in [2.05, 4.69) is 50.0 Å². The summed E-state index contributed by atoms with van der Waals surface area (Å²) in [6.45, 7) is 4.35. The molecule has 1 aromatic carbocycles. The zero-order valence-electron chi connectivity index (χ0n) is 11.0. The Morgan fingerprint density at radius 3 is 2.41 bits per heavy atom. The van der Waals surface area contributed by atoms with Crippen LogP contribution in [0.3, 0.4) is 0 Å². The molecule has 0 heterocycles. The zero-order chi connectivity index (χ0) is 12.5. The monoisotopic (exact) mass is 229 g/mol. The Labute approximate surface area is 105 Å². The summed E-state index contributed by atoms with van der Waals surface area (Å²) in [5, 5.41) is 0. The smallest absolute Gasteiger partial charge is 0.0668 e. The summed E-state index contributed by atoms with van der Waals surface area (Å²) < 4.78 is 0. The van der Waals surface area contributed by atoms with E-state index in [1.807, 2.05) is 0 Å². The van der Waals surface area contributed by atoms with Crippen LogP contribution in [0.2, 0.25) is 0 Å². The topological polar surface area (TPSA) is 26.0 Å². The molecule has 1 nitrogen and oxygen atoms in total. The maximum absolute atomic E-state index is 5.85. The van der Waals surface area contributed by atoms with Crippen LogP contribution in [0.15, 0.2) is 24.3 Å². The van der Waals surface area contributed by atoms with Crippen LogP contribution in [-0.4, -0.2) is 6.04 Å². The van der Waals surface area contributed by atoms with E-state index in [9.17, 15) is 0 Å². The zero-order valence-corrected chi connectivity index (χ0v) is 11.0. The van der Waals surface area contributed by atoms with Crippen LogP contribution in [0.4, 0.5) is 0 Å². The Hall–Kier alpha value is -1.26. The fraction of sp³-hybridized carbons (Fsp3) is 0.500. The minimum absolute atomic E-state index is 0.0137. The molecule has 1 unspecified atom stereocenters. The van der Waals surface area contributed by atoms with Gasteiger partial charge in [0.1, 0.15) is 0 Å². The molecule has 0 aliphatic rings. The second-order valence-electron chi connectivity index (χ2n) is 4.46. The molecule has 17 heavy (non-hydrogen) atoms. The van der Waals surface area contributed by atoms with Crippen molar-refractivity contribution in [3.05, 3.63) is 35.4 Å². The predicted molar refractivity (Wildman–Crippen MR) is 74.8 cm³/mol. The van der Waals surface area contributed by atoms with Crippen LogP contribution in [0.5, 0.6) is 0 Å². The number of rotatable bonds is 5. The maximum Gasteiger partial charge on any atom is 0.0668 e. The molecule has 1 aromatic rings. The Morgan fingerprint density at radius 2 is 1.82 bits per heavy atom. The van der Waals surface area contributed by atoms with Crippen molar-refractivity contribution in [2.24, 2.45) is 5.73 Å². The van der Waals surface area contributed by atoms with Crippen LogP contribution in [0, 0.1) is 11.8 Å². The third-order valence-corrected chi connectivity index (χ3v) is 2.77. The fourth-order valence-electron chi connectivity index (χ4n) is 1.69. The molecule has 0 saturated heterocycles. The highest BCUT2D eigenvalue weighted by molar-refractivity contribution is 5.37. The largest absolute Gasteiger partial charge is 0.318 e. The van der Waals surface area contributed by atoms with Gasteiger partial charge in [-0.1, -0.05) is 50.7 Å². The molecule has 2 N–H and O–H groups in total. The molecule has 0 amide bonds. The van der Waals surface area contributed by atoms with Gasteiger partial charge in [-0.25, -0.2) is 0 Å². The third kappa shape index (κ3) is 5.56. The fourth-order valence-corrected chi connectivity index (χ4v) is 1.69. The molecule has 0 spiro atoms. The Balaban J connectivity index is 2.55. The molecule has 1 atom stereocenters. The van der Waals surface area contributed by atoms with Crippen molar-refractivity contribution < 1.29 is 0 Å². The average Bonchev–Trinajstić information content (AvgIpc) is 2.35. The molecule has 0 aliphatic carbocycles. The second-order valence-corrected chi connectivity index (χ2v) is 4.46. The van der Waals surface area contributed by atoms with Gasteiger partial charge in [0.15, 0.2) is 0 Å². The van der Waals surface area contributed by atoms with Crippen molar-refractivity contribution in [1.82, 2.24) is 0 Å². The van der Waals surface area contributed by atoms with Gasteiger partial charge in [-0.05, 0) is 37.0 Å². The van der Waals surface area contributed by atoms with Crippen LogP contribution in [0.1, 0.15) is 50.7 Å². The van der Waals surface area contributed by atoms with Gasteiger partial charge in [0, 0.05) is 5.56 Å². The van der Waals surface area contributed by atoms with Crippen molar-refractivity contribution in [2.45, 2.75) is 52.0 Å². The molecule has 0 aliphatic heterocycles. The summed E-state index contributed by atoms with van der Waals surface area (Å²) in [7, 11) is 0. The summed E-state index contributed by atoms with van der Waals surface area (Å²) >= 11 is 0. The normalized spacial score (nSPS) is 11.7. The predicted octanol–water partition coefficient (Wildman–Crippen LogP) is 3.51. The highest BCUT2D eigenvalue weighted by Crippen LogP contribution is 2.07. The van der Waals surface area contributed by atoms with Gasteiger partial charge in [0.05, 0.1) is 6.04 Å². The number of benzene rings is 1. The second kappa shape index (κ2) is 7.92. The molecule has 0 bridgehead atoms. The molecule has 1 heteroatoms. The van der Waals surface area contributed by atoms with E-state index in [1.165, 1.54) is 24.8 Å². The van der Waals surface area contributed by atoms with Crippen molar-refractivity contribution in [1.29, 1.82) is 0 Å². The molecule has 0 saturated carbocycles. The highest BCUT2D eigenvalue weighted by atomic mass is 14.6. The lowest BCUT2D eigenvalue weighted by Gasteiger charge is -2.00. The molecule has 92 valence electrons. The molecular formula is C16H23N. The first-order valence-corrected chi connectivity index (χ1v) is 6.62. The molecule has 1 rings (SSSR count). The van der Waals surface area contributed by atoms with Gasteiger partial charge < -0.3 is 5.73 Å². The van der Waals surface area contributed by atoms with Crippen molar-refractivity contribution in [3.63, 3.8) is 0 Å². The molecule has 0 fully saturated rings. The van der Waals surface area contributed by atoms with Gasteiger partial charge in [-0.15, -0.1) is 0 Å². The number of nitrogens with two attached hydrogens (primary N) is 1. The van der Waals surface area contributed by atoms with Gasteiger partial charge in [0.25, 0.3) is 0 Å².